The number of ether oxygens (including phenoxy) is 3. The Morgan fingerprint density at radius 2 is 1.61 bits per heavy atom. The highest BCUT2D eigenvalue weighted by molar-refractivity contribution is 8.76. The summed E-state index contributed by atoms with van der Waals surface area (Å²) < 4.78 is 16.8. The van der Waals surface area contributed by atoms with Gasteiger partial charge in [-0.2, -0.15) is 0 Å². The van der Waals surface area contributed by atoms with E-state index in [1.807, 2.05) is 60.4 Å². The predicted molar refractivity (Wildman–Crippen MR) is 288 cm³/mol. The molecule has 0 spiro atoms. The van der Waals surface area contributed by atoms with Gasteiger partial charge in [0.05, 0.1) is 6.04 Å². The van der Waals surface area contributed by atoms with Crippen LogP contribution < -0.4 is 21.5 Å². The van der Waals surface area contributed by atoms with Crippen LogP contribution in [0.2, 0.25) is 0 Å². The number of piperidine rings is 1. The number of Topliss-reactive ketones (excluding diaryl/α,β-unsaturated/α-hetero) is 1. The molecule has 0 saturated carbocycles. The summed E-state index contributed by atoms with van der Waals surface area (Å²) in [5.41, 5.74) is 5.42. The van der Waals surface area contributed by atoms with Gasteiger partial charge in [-0.1, -0.05) is 102 Å². The highest BCUT2D eigenvalue weighted by Gasteiger charge is 2.39. The predicted octanol–water partition coefficient (Wildman–Crippen LogP) is 7.52. The maximum Gasteiger partial charge on any atom is 0.426 e. The Hall–Kier alpha value is -4.93. The van der Waals surface area contributed by atoms with E-state index in [4.69, 9.17) is 14.2 Å². The monoisotopic (exact) mass is 1090 g/mol. The molecule has 1 saturated heterocycles. The van der Waals surface area contributed by atoms with Crippen molar-refractivity contribution >= 4 is 80.4 Å². The fraction of sp³-hybridized carbons (Fsp3) is 0.673. The van der Waals surface area contributed by atoms with Crippen molar-refractivity contribution in [3.63, 3.8) is 0 Å². The first-order chi connectivity index (χ1) is 35.1. The molecular formula is C52H81N7O12S3. The van der Waals surface area contributed by atoms with Gasteiger partial charge >= 0.3 is 18.0 Å². The molecule has 0 bridgehead atoms. The molecule has 0 radical (unpaired) electrons. The molecule has 1 aromatic heterocycles. The van der Waals surface area contributed by atoms with Crippen LogP contribution in [-0.4, -0.2) is 130 Å². The number of likely N-dealkylation sites (N-methyl/N-ethyl adjacent to an activating group) is 1. The summed E-state index contributed by atoms with van der Waals surface area (Å²) >= 11 is 1.08. The number of likely N-dealkylation sites (tertiary alicyclic amines) is 1. The van der Waals surface area contributed by atoms with Crippen molar-refractivity contribution in [1.29, 1.82) is 0 Å². The third-order valence-corrected chi connectivity index (χ3v) is 16.2. The number of amides is 5. The third kappa shape index (κ3) is 22.1. The molecule has 1 aromatic carbocycles. The van der Waals surface area contributed by atoms with E-state index in [1.54, 1.807) is 29.9 Å². The molecule has 22 heteroatoms. The first-order valence-corrected chi connectivity index (χ1v) is 29.2. The quantitative estimate of drug-likeness (QED) is 0.0122. The van der Waals surface area contributed by atoms with E-state index in [1.165, 1.54) is 40.1 Å². The molecule has 2 heterocycles. The number of rotatable bonds is 31. The third-order valence-electron chi connectivity index (χ3n) is 12.8. The van der Waals surface area contributed by atoms with Crippen LogP contribution in [0.3, 0.4) is 0 Å². The SMILES string of the molecule is CCCC(=O)OCN(C(=O)[C@@H](NC(=O)[C@H]1CCCCN1C)C(C)CC)[C@H](C[C@@H](OC(C)=O)c1nc(C(=O)N[C@@H](Cc2ccc(O)cc2)C[C@H](C)C(=O)NNC(=O)OCCSSCCCC(=O)C(C)C)cs1)C(C)C. The number of aromatic hydroxyl groups is 1. The van der Waals surface area contributed by atoms with Gasteiger partial charge in [-0.05, 0) is 81.6 Å². The minimum Gasteiger partial charge on any atom is -0.508 e. The molecule has 5 amide bonds. The Labute approximate surface area is 449 Å². The number of thiazole rings is 1. The van der Waals surface area contributed by atoms with E-state index in [0.29, 0.717) is 31.4 Å². The van der Waals surface area contributed by atoms with Gasteiger partial charge in [0.2, 0.25) is 17.7 Å². The van der Waals surface area contributed by atoms with E-state index in [9.17, 15) is 43.5 Å². The fourth-order valence-electron chi connectivity index (χ4n) is 8.23. The number of carbonyl (C=O) groups is 8. The molecule has 19 nitrogen and oxygen atoms in total. The van der Waals surface area contributed by atoms with Gasteiger partial charge in [-0.25, -0.2) is 15.2 Å². The maximum atomic E-state index is 14.9. The summed E-state index contributed by atoms with van der Waals surface area (Å²) in [5, 5.41) is 17.8. The molecule has 74 heavy (non-hydrogen) atoms. The van der Waals surface area contributed by atoms with Crippen molar-refractivity contribution < 1.29 is 57.7 Å². The minimum absolute atomic E-state index is 0.00641. The Balaban J connectivity index is 1.79. The van der Waals surface area contributed by atoms with Crippen LogP contribution in [0.5, 0.6) is 5.75 Å². The number of ketones is 1. The fourth-order valence-corrected chi connectivity index (χ4v) is 11.0. The van der Waals surface area contributed by atoms with Crippen LogP contribution in [0.25, 0.3) is 0 Å². The summed E-state index contributed by atoms with van der Waals surface area (Å²) in [6.45, 7) is 16.5. The summed E-state index contributed by atoms with van der Waals surface area (Å²) in [5.74, 6) is -2.63. The summed E-state index contributed by atoms with van der Waals surface area (Å²) in [6.07, 6.45) is 3.57. The average Bonchev–Trinajstić information content (AvgIpc) is 3.86. The number of aromatic nitrogens is 1. The van der Waals surface area contributed by atoms with E-state index >= 15 is 0 Å². The Kier molecular flexibility index (Phi) is 28.4. The van der Waals surface area contributed by atoms with Crippen LogP contribution in [-0.2, 0) is 49.4 Å². The Morgan fingerprint density at radius 3 is 2.24 bits per heavy atom. The first kappa shape index (κ1) is 63.4. The number of esters is 2. The maximum absolute atomic E-state index is 14.9. The zero-order chi connectivity index (χ0) is 54.9. The number of phenols is 1. The second-order valence-corrected chi connectivity index (χ2v) is 23.2. The van der Waals surface area contributed by atoms with Gasteiger partial charge in [-0.15, -0.1) is 11.3 Å². The Morgan fingerprint density at radius 1 is 0.905 bits per heavy atom. The second-order valence-electron chi connectivity index (χ2n) is 19.6. The average molecular weight is 1090 g/mol. The zero-order valence-electron chi connectivity index (χ0n) is 44.9. The number of hydrogen-bond acceptors (Lipinski definition) is 17. The van der Waals surface area contributed by atoms with Crippen molar-refractivity contribution in [2.75, 3.05) is 38.4 Å². The Bertz CT molecular complexity index is 2130. The number of hydrogen-bond donors (Lipinski definition) is 5. The molecule has 2 aromatic rings. The molecule has 1 aliphatic heterocycles. The molecule has 5 N–H and O–H groups in total. The number of benzene rings is 1. The van der Waals surface area contributed by atoms with Gasteiger partial charge in [0.15, 0.2) is 12.8 Å². The molecule has 1 aliphatic rings. The zero-order valence-corrected chi connectivity index (χ0v) is 47.4. The van der Waals surface area contributed by atoms with Crippen molar-refractivity contribution in [2.45, 2.75) is 163 Å². The number of phenolic OH excluding ortho intramolecular Hbond substituents is 1. The lowest BCUT2D eigenvalue weighted by molar-refractivity contribution is -0.160. The molecule has 1 fully saturated rings. The van der Waals surface area contributed by atoms with Gasteiger partial charge in [0.1, 0.15) is 34.9 Å². The second kappa shape index (κ2) is 33.2. The number of nitrogens with one attached hydrogen (secondary N) is 4. The largest absolute Gasteiger partial charge is 0.508 e. The highest BCUT2D eigenvalue weighted by Crippen LogP contribution is 2.32. The van der Waals surface area contributed by atoms with Crippen molar-refractivity contribution in [3.8, 4) is 5.75 Å². The van der Waals surface area contributed by atoms with Crippen LogP contribution in [0.4, 0.5) is 4.79 Å². The highest BCUT2D eigenvalue weighted by atomic mass is 33.1. The van der Waals surface area contributed by atoms with E-state index in [-0.39, 0.29) is 78.2 Å². The van der Waals surface area contributed by atoms with Gasteiger partial charge in [0.25, 0.3) is 5.91 Å². The van der Waals surface area contributed by atoms with Crippen LogP contribution in [0.1, 0.15) is 154 Å². The number of carbonyl (C=O) groups excluding carboxylic acids is 8. The van der Waals surface area contributed by atoms with Gasteiger partial charge < -0.3 is 34.9 Å². The van der Waals surface area contributed by atoms with Crippen molar-refractivity contribution in [3.05, 3.63) is 45.9 Å². The van der Waals surface area contributed by atoms with Crippen molar-refractivity contribution in [1.82, 2.24) is 36.3 Å². The number of nitrogens with zero attached hydrogens (tertiary/aromatic N) is 3. The van der Waals surface area contributed by atoms with Gasteiger partial charge in [-0.3, -0.25) is 43.9 Å². The standard InChI is InChI=1S/C52H81N7O12S3/c1-11-16-45(63)70-31-59(51(67)46(34(7)12-2)55-49(66)41-17-13-14-23-58(41)10)42(32(3)4)29-44(71-36(9)60)50-54-40(30-72-50)48(65)53-38(28-37-19-21-39(61)22-20-37)27-35(8)47(64)56-57-52(68)69-24-26-74-73-25-15-18-43(62)33(5)6/h19-22,30,32-35,38,41-42,44,46,61H,11-18,23-29,31H2,1-10H3,(H,53,65)(H,55,66)(H,56,64)(H,57,68)/t34?,35-,38+,41+,42+,44+,46-/m0/s1. The lowest BCUT2D eigenvalue weighted by Crippen LogP contribution is -2.59. The molecular weight excluding hydrogens is 1010 g/mol. The van der Waals surface area contributed by atoms with Crippen LogP contribution >= 0.6 is 32.9 Å². The molecule has 3 rings (SSSR count). The summed E-state index contributed by atoms with van der Waals surface area (Å²) in [7, 11) is 5.01. The van der Waals surface area contributed by atoms with E-state index in [2.05, 4.69) is 26.5 Å². The minimum atomic E-state index is -1.05. The lowest BCUT2D eigenvalue weighted by atomic mass is 9.92. The molecule has 0 aliphatic carbocycles. The van der Waals surface area contributed by atoms with E-state index < -0.39 is 78.7 Å². The molecule has 414 valence electrons. The van der Waals surface area contributed by atoms with Crippen molar-refractivity contribution in [2.24, 2.45) is 23.7 Å². The summed E-state index contributed by atoms with van der Waals surface area (Å²) in [6, 6.07) is 3.71. The smallest absolute Gasteiger partial charge is 0.426 e. The molecule has 1 unspecified atom stereocenters. The molecule has 7 atom stereocenters. The topological polar surface area (TPSA) is 252 Å². The summed E-state index contributed by atoms with van der Waals surface area (Å²) in [4.78, 5) is 114. The first-order valence-electron chi connectivity index (χ1n) is 25.8. The normalized spacial score (nSPS) is 16.2. The lowest BCUT2D eigenvalue weighted by Gasteiger charge is -2.39. The van der Waals surface area contributed by atoms with Crippen LogP contribution in [0.15, 0.2) is 29.6 Å². The van der Waals surface area contributed by atoms with Gasteiger partial charge in [0, 0.05) is 67.0 Å². The van der Waals surface area contributed by atoms with E-state index in [0.717, 1.165) is 48.5 Å². The van der Waals surface area contributed by atoms with Crippen LogP contribution in [0, 0.1) is 23.7 Å². The number of hydrazine groups is 1.